The van der Waals surface area contributed by atoms with Crippen LogP contribution in [0.5, 0.6) is 11.5 Å². The highest BCUT2D eigenvalue weighted by atomic mass is 16.5. The number of fused-ring (bicyclic) bond motifs is 1. The van der Waals surface area contributed by atoms with Gasteiger partial charge in [-0.25, -0.2) is 0 Å². The lowest BCUT2D eigenvalue weighted by Crippen LogP contribution is -2.12. The van der Waals surface area contributed by atoms with Gasteiger partial charge in [0.05, 0.1) is 14.2 Å². The number of nitrogens with zero attached hydrogens (tertiary/aromatic N) is 1. The maximum absolute atomic E-state index is 13.2. The molecule has 4 rings (SSSR count). The Morgan fingerprint density at radius 3 is 2.61 bits per heavy atom. The van der Waals surface area contributed by atoms with Gasteiger partial charge in [0, 0.05) is 34.9 Å². The van der Waals surface area contributed by atoms with Crippen molar-refractivity contribution in [2.45, 2.75) is 6.42 Å². The molecule has 0 saturated heterocycles. The van der Waals surface area contributed by atoms with Crippen molar-refractivity contribution in [1.29, 1.82) is 0 Å². The summed E-state index contributed by atoms with van der Waals surface area (Å²) in [6.07, 6.45) is 2.35. The second-order valence-corrected chi connectivity index (χ2v) is 6.90. The number of amides is 1. The third-order valence-corrected chi connectivity index (χ3v) is 4.96. The second-order valence-electron chi connectivity index (χ2n) is 6.90. The van der Waals surface area contributed by atoms with E-state index in [-0.39, 0.29) is 11.7 Å². The number of methoxy groups -OCH3 is 2. The van der Waals surface area contributed by atoms with Crippen molar-refractivity contribution in [2.24, 2.45) is 5.73 Å². The summed E-state index contributed by atoms with van der Waals surface area (Å²) in [5.41, 5.74) is 9.18. The quantitative estimate of drug-likeness (QED) is 0.466. The number of para-hydroxylation sites is 1. The van der Waals surface area contributed by atoms with Crippen LogP contribution in [0, 0.1) is 0 Å². The van der Waals surface area contributed by atoms with Gasteiger partial charge in [-0.3, -0.25) is 9.78 Å². The number of rotatable bonds is 7. The van der Waals surface area contributed by atoms with Gasteiger partial charge in [-0.15, -0.1) is 0 Å². The van der Waals surface area contributed by atoms with Crippen LogP contribution in [-0.2, 0) is 6.42 Å². The van der Waals surface area contributed by atoms with Crippen molar-refractivity contribution in [3.63, 3.8) is 0 Å². The first-order valence-corrected chi connectivity index (χ1v) is 9.85. The first-order chi connectivity index (χ1) is 15.1. The molecule has 2 aromatic carbocycles. The number of furan rings is 1. The second kappa shape index (κ2) is 8.89. The van der Waals surface area contributed by atoms with E-state index in [0.717, 1.165) is 16.6 Å². The van der Waals surface area contributed by atoms with E-state index in [9.17, 15) is 4.79 Å². The third-order valence-electron chi connectivity index (χ3n) is 4.96. The smallest absolute Gasteiger partial charge is 0.292 e. The molecule has 1 amide bonds. The summed E-state index contributed by atoms with van der Waals surface area (Å²) in [6.45, 7) is 0.487. The molecule has 7 nitrogen and oxygen atoms in total. The Bertz CT molecular complexity index is 1220. The molecule has 0 saturated carbocycles. The minimum absolute atomic E-state index is 0.195. The van der Waals surface area contributed by atoms with Crippen molar-refractivity contribution >= 4 is 22.6 Å². The van der Waals surface area contributed by atoms with Crippen LogP contribution >= 0.6 is 0 Å². The maximum atomic E-state index is 13.2. The van der Waals surface area contributed by atoms with Crippen LogP contribution < -0.4 is 20.5 Å². The number of anilines is 1. The Balaban J connectivity index is 1.82. The fourth-order valence-electron chi connectivity index (χ4n) is 3.48. The van der Waals surface area contributed by atoms with E-state index in [1.54, 1.807) is 50.7 Å². The van der Waals surface area contributed by atoms with Gasteiger partial charge in [0.15, 0.2) is 11.3 Å². The van der Waals surface area contributed by atoms with Crippen LogP contribution in [0.15, 0.2) is 65.2 Å². The molecule has 0 spiro atoms. The van der Waals surface area contributed by atoms with E-state index in [4.69, 9.17) is 19.6 Å². The molecular weight excluding hydrogens is 394 g/mol. The first-order valence-electron chi connectivity index (χ1n) is 9.85. The molecule has 158 valence electrons. The van der Waals surface area contributed by atoms with Crippen molar-refractivity contribution in [3.8, 4) is 22.6 Å². The van der Waals surface area contributed by atoms with Crippen molar-refractivity contribution in [3.05, 3.63) is 72.2 Å². The largest absolute Gasteiger partial charge is 0.497 e. The molecule has 2 heterocycles. The van der Waals surface area contributed by atoms with Crippen LogP contribution in [0.4, 0.5) is 5.69 Å². The standard InChI is InChI=1S/C24H23N3O4/c1-29-18-8-6-16(7-9-18)27-24(28)23-21(15-11-13-26-17(14-15)10-12-25)19-4-3-5-20(30-2)22(19)31-23/h3-9,11,13-14H,10,12,25H2,1-2H3,(H,27,28). The zero-order valence-electron chi connectivity index (χ0n) is 17.3. The minimum atomic E-state index is -0.365. The highest BCUT2D eigenvalue weighted by Gasteiger charge is 2.24. The number of hydrogen-bond acceptors (Lipinski definition) is 6. The van der Waals surface area contributed by atoms with Gasteiger partial charge in [0.1, 0.15) is 5.75 Å². The Kier molecular flexibility index (Phi) is 5.86. The molecule has 0 fully saturated rings. The van der Waals surface area contributed by atoms with Gasteiger partial charge in [0.2, 0.25) is 5.76 Å². The highest BCUT2D eigenvalue weighted by Crippen LogP contribution is 2.39. The van der Waals surface area contributed by atoms with Gasteiger partial charge in [-0.1, -0.05) is 12.1 Å². The topological polar surface area (TPSA) is 99.6 Å². The van der Waals surface area contributed by atoms with Crippen molar-refractivity contribution in [1.82, 2.24) is 4.98 Å². The summed E-state index contributed by atoms with van der Waals surface area (Å²) >= 11 is 0. The van der Waals surface area contributed by atoms with Gasteiger partial charge in [-0.05, 0) is 54.6 Å². The van der Waals surface area contributed by atoms with Gasteiger partial charge in [-0.2, -0.15) is 0 Å². The number of carbonyl (C=O) groups excluding carboxylic acids is 1. The van der Waals surface area contributed by atoms with Gasteiger partial charge in [0.25, 0.3) is 5.91 Å². The molecule has 3 N–H and O–H groups in total. The molecule has 0 unspecified atom stereocenters. The minimum Gasteiger partial charge on any atom is -0.497 e. The molecule has 0 bridgehead atoms. The molecule has 0 radical (unpaired) electrons. The van der Waals surface area contributed by atoms with Crippen LogP contribution in [0.3, 0.4) is 0 Å². The van der Waals surface area contributed by atoms with E-state index in [2.05, 4.69) is 10.3 Å². The lowest BCUT2D eigenvalue weighted by Gasteiger charge is -2.08. The van der Waals surface area contributed by atoms with Gasteiger partial charge >= 0.3 is 0 Å². The van der Waals surface area contributed by atoms with Crippen LogP contribution in [0.2, 0.25) is 0 Å². The predicted molar refractivity (Wildman–Crippen MR) is 120 cm³/mol. The summed E-state index contributed by atoms with van der Waals surface area (Å²) in [5.74, 6) is 1.09. The third kappa shape index (κ3) is 4.08. The Morgan fingerprint density at radius 2 is 1.90 bits per heavy atom. The summed E-state index contributed by atoms with van der Waals surface area (Å²) in [4.78, 5) is 17.6. The van der Waals surface area contributed by atoms with E-state index in [0.29, 0.717) is 41.3 Å². The molecule has 31 heavy (non-hydrogen) atoms. The van der Waals surface area contributed by atoms with E-state index >= 15 is 0 Å². The average molecular weight is 417 g/mol. The SMILES string of the molecule is COc1ccc(NC(=O)c2oc3c(OC)cccc3c2-c2ccnc(CCN)c2)cc1. The van der Waals surface area contributed by atoms with Gasteiger partial charge < -0.3 is 24.9 Å². The number of nitrogens with one attached hydrogen (secondary N) is 1. The number of benzene rings is 2. The number of carbonyl (C=O) groups is 1. The average Bonchev–Trinajstić information content (AvgIpc) is 3.20. The summed E-state index contributed by atoms with van der Waals surface area (Å²) in [7, 11) is 3.16. The summed E-state index contributed by atoms with van der Waals surface area (Å²) < 4.78 is 16.7. The molecule has 4 aromatic rings. The van der Waals surface area contributed by atoms with Crippen LogP contribution in [0.25, 0.3) is 22.1 Å². The predicted octanol–water partition coefficient (Wildman–Crippen LogP) is 4.27. The normalized spacial score (nSPS) is 10.8. The lowest BCUT2D eigenvalue weighted by molar-refractivity contribution is 0.0999. The van der Waals surface area contributed by atoms with Crippen molar-refractivity contribution in [2.75, 3.05) is 26.1 Å². The molecule has 0 aliphatic rings. The van der Waals surface area contributed by atoms with E-state index < -0.39 is 0 Å². The maximum Gasteiger partial charge on any atom is 0.292 e. The number of nitrogens with two attached hydrogens (primary N) is 1. The summed E-state index contributed by atoms with van der Waals surface area (Å²) in [6, 6.07) is 16.5. The first kappa shape index (κ1) is 20.4. The zero-order chi connectivity index (χ0) is 21.8. The number of aromatic nitrogens is 1. The molecule has 0 aliphatic carbocycles. The summed E-state index contributed by atoms with van der Waals surface area (Å²) in [5, 5.41) is 3.67. The number of hydrogen-bond donors (Lipinski definition) is 2. The molecule has 0 atom stereocenters. The molecule has 0 aliphatic heterocycles. The van der Waals surface area contributed by atoms with Crippen molar-refractivity contribution < 1.29 is 18.7 Å². The molecule has 2 aromatic heterocycles. The number of pyridine rings is 1. The zero-order valence-corrected chi connectivity index (χ0v) is 17.3. The fraction of sp³-hybridized carbons (Fsp3) is 0.167. The molecule has 7 heteroatoms. The van der Waals surface area contributed by atoms with E-state index in [1.165, 1.54) is 0 Å². The molecular formula is C24H23N3O4. The van der Waals surface area contributed by atoms with Crippen LogP contribution in [-0.4, -0.2) is 31.7 Å². The number of ether oxygens (including phenoxy) is 2. The Hall–Kier alpha value is -3.84. The monoisotopic (exact) mass is 417 g/mol. The Labute approximate surface area is 179 Å². The fourth-order valence-corrected chi connectivity index (χ4v) is 3.48. The lowest BCUT2D eigenvalue weighted by atomic mass is 10.0. The highest BCUT2D eigenvalue weighted by molar-refractivity contribution is 6.13. The Morgan fingerprint density at radius 1 is 1.10 bits per heavy atom. The van der Waals surface area contributed by atoms with Crippen LogP contribution in [0.1, 0.15) is 16.2 Å². The van der Waals surface area contributed by atoms with E-state index in [1.807, 2.05) is 24.3 Å².